The zero-order valence-electron chi connectivity index (χ0n) is 21.6. The van der Waals surface area contributed by atoms with Crippen LogP contribution >= 0.6 is 0 Å². The van der Waals surface area contributed by atoms with Gasteiger partial charge in [0.05, 0.1) is 12.1 Å². The van der Waals surface area contributed by atoms with Crippen LogP contribution in [0.5, 0.6) is 0 Å². The topological polar surface area (TPSA) is 219 Å². The number of para-hydroxylation sites is 2. The number of nitrogen functional groups attached to an aromatic ring is 2. The Morgan fingerprint density at radius 3 is 1.05 bits per heavy atom. The van der Waals surface area contributed by atoms with Crippen LogP contribution in [0.25, 0.3) is 0 Å². The number of anilines is 2. The van der Waals surface area contributed by atoms with Crippen molar-refractivity contribution in [1.82, 2.24) is 0 Å². The van der Waals surface area contributed by atoms with Crippen LogP contribution in [-0.4, -0.2) is 44.6 Å². The summed E-state index contributed by atoms with van der Waals surface area (Å²) in [5.74, 6) is -3.54. The quantitative estimate of drug-likeness (QED) is 0.158. The van der Waals surface area contributed by atoms with Gasteiger partial charge in [0.15, 0.2) is 12.2 Å². The van der Waals surface area contributed by atoms with Gasteiger partial charge < -0.3 is 43.4 Å². The smallest absolute Gasteiger partial charge is 0.335 e. The summed E-state index contributed by atoms with van der Waals surface area (Å²) >= 11 is 0. The molecule has 4 unspecified atom stereocenters. The van der Waals surface area contributed by atoms with Crippen molar-refractivity contribution in [3.05, 3.63) is 131 Å². The van der Waals surface area contributed by atoms with E-state index in [1.807, 2.05) is 109 Å². The summed E-state index contributed by atoms with van der Waals surface area (Å²) in [5, 5.41) is 32.5. The molecule has 4 aromatic rings. The molecule has 0 fully saturated rings. The van der Waals surface area contributed by atoms with E-state index < -0.39 is 24.1 Å². The summed E-state index contributed by atoms with van der Waals surface area (Å²) < 4.78 is 0. The van der Waals surface area contributed by atoms with Crippen molar-refractivity contribution < 1.29 is 30.0 Å². The van der Waals surface area contributed by atoms with E-state index in [2.05, 4.69) is 0 Å². The van der Waals surface area contributed by atoms with Crippen LogP contribution in [0.4, 0.5) is 11.4 Å². The van der Waals surface area contributed by atoms with E-state index in [1.54, 1.807) is 0 Å². The zero-order valence-corrected chi connectivity index (χ0v) is 21.6. The van der Waals surface area contributed by atoms with E-state index in [-0.39, 0.29) is 12.1 Å². The molecule has 10 nitrogen and oxygen atoms in total. The molecule has 0 aromatic heterocycles. The van der Waals surface area contributed by atoms with Crippen molar-refractivity contribution >= 4 is 23.3 Å². The lowest BCUT2D eigenvalue weighted by molar-refractivity contribution is -0.165. The van der Waals surface area contributed by atoms with Crippen LogP contribution in [0.15, 0.2) is 109 Å². The normalized spacial score (nSPS) is 13.2. The third-order valence-electron chi connectivity index (χ3n) is 5.78. The first-order valence-electron chi connectivity index (χ1n) is 12.2. The molecule has 0 aliphatic carbocycles. The second-order valence-electron chi connectivity index (χ2n) is 8.60. The lowest BCUT2D eigenvalue weighted by Crippen LogP contribution is -2.39. The molecule has 12 N–H and O–H groups in total. The summed E-state index contributed by atoms with van der Waals surface area (Å²) in [6, 6.07) is 35.0. The van der Waals surface area contributed by atoms with Crippen LogP contribution < -0.4 is 22.9 Å². The highest BCUT2D eigenvalue weighted by Gasteiger charge is 2.29. The predicted octanol–water partition coefficient (Wildman–Crippen LogP) is 2.51. The Bertz CT molecular complexity index is 1250. The fourth-order valence-electron chi connectivity index (χ4n) is 3.54. The molecule has 0 amide bonds. The first-order chi connectivity index (χ1) is 19.0. The third-order valence-corrected chi connectivity index (χ3v) is 5.78. The van der Waals surface area contributed by atoms with E-state index in [4.69, 9.17) is 43.4 Å². The van der Waals surface area contributed by atoms with Crippen molar-refractivity contribution in [2.45, 2.75) is 24.3 Å². The molecule has 0 aliphatic rings. The van der Waals surface area contributed by atoms with Crippen molar-refractivity contribution in [3.63, 3.8) is 0 Å². The van der Waals surface area contributed by atoms with E-state index in [0.717, 1.165) is 33.6 Å². The van der Waals surface area contributed by atoms with Crippen LogP contribution in [0.3, 0.4) is 0 Å². The van der Waals surface area contributed by atoms with E-state index >= 15 is 0 Å². The van der Waals surface area contributed by atoms with Crippen molar-refractivity contribution in [3.8, 4) is 0 Å². The Kier molecular flexibility index (Phi) is 12.3. The largest absolute Gasteiger partial charge is 0.479 e. The number of aliphatic carboxylic acids is 2. The number of hydrogen-bond donors (Lipinski definition) is 8. The summed E-state index contributed by atoms with van der Waals surface area (Å²) in [4.78, 5) is 19.5. The Labute approximate surface area is 232 Å². The van der Waals surface area contributed by atoms with Gasteiger partial charge in [0.1, 0.15) is 0 Å². The zero-order chi connectivity index (χ0) is 29.7. The predicted molar refractivity (Wildman–Crippen MR) is 154 cm³/mol. The molecule has 0 radical (unpaired) electrons. The molecule has 0 bridgehead atoms. The number of hydrogen-bond acceptors (Lipinski definition) is 8. The minimum atomic E-state index is -2.27. The average molecular weight is 547 g/mol. The van der Waals surface area contributed by atoms with Gasteiger partial charge in [0, 0.05) is 11.4 Å². The fourth-order valence-corrected chi connectivity index (χ4v) is 3.54. The highest BCUT2D eigenvalue weighted by Crippen LogP contribution is 2.24. The molecule has 10 heteroatoms. The first kappa shape index (κ1) is 31.5. The standard InChI is InChI=1S/2C13H14N2.C4H6O6/c2*14-12-9-5-4-8-11(12)13(15)10-6-2-1-3-7-10;5-1(3(7)8)2(6)4(9)10/h2*1-9,13H,14-15H2;1-2,5-6H,(H,7,8)(H,9,10). The van der Waals surface area contributed by atoms with Crippen LogP contribution in [0, 0.1) is 0 Å². The van der Waals surface area contributed by atoms with Gasteiger partial charge in [-0.1, -0.05) is 97.1 Å². The molecule has 4 rings (SSSR count). The van der Waals surface area contributed by atoms with Crippen molar-refractivity contribution in [2.24, 2.45) is 11.5 Å². The average Bonchev–Trinajstić information content (AvgIpc) is 2.97. The summed E-state index contributed by atoms with van der Waals surface area (Å²) in [7, 11) is 0. The molecule has 0 saturated heterocycles. The van der Waals surface area contributed by atoms with Gasteiger partial charge in [-0.3, -0.25) is 0 Å². The Balaban J connectivity index is 0.000000216. The minimum absolute atomic E-state index is 0.146. The SMILES string of the molecule is Nc1ccccc1C(N)c1ccccc1.Nc1ccccc1C(N)c1ccccc1.O=C(O)C(O)C(O)C(=O)O. The third kappa shape index (κ3) is 9.22. The lowest BCUT2D eigenvalue weighted by Gasteiger charge is -2.14. The van der Waals surface area contributed by atoms with Crippen LogP contribution in [-0.2, 0) is 9.59 Å². The summed E-state index contributed by atoms with van der Waals surface area (Å²) in [5.41, 5.74) is 29.6. The number of carbonyl (C=O) groups is 2. The molecule has 0 spiro atoms. The molecular formula is C30H34N4O6. The van der Waals surface area contributed by atoms with E-state index in [1.165, 1.54) is 0 Å². The Hall–Kier alpha value is -4.74. The maximum atomic E-state index is 9.77. The number of carboxylic acid groups (broad SMARTS) is 2. The van der Waals surface area contributed by atoms with Gasteiger partial charge in [-0.15, -0.1) is 0 Å². The number of aliphatic hydroxyl groups excluding tert-OH is 2. The molecule has 0 aliphatic heterocycles. The van der Waals surface area contributed by atoms with Gasteiger partial charge in [-0.25, -0.2) is 9.59 Å². The highest BCUT2D eigenvalue weighted by atomic mass is 16.4. The lowest BCUT2D eigenvalue weighted by atomic mass is 9.98. The molecular weight excluding hydrogens is 512 g/mol. The number of nitrogens with two attached hydrogens (primary N) is 4. The maximum Gasteiger partial charge on any atom is 0.335 e. The second kappa shape index (κ2) is 15.6. The number of aliphatic hydroxyl groups is 2. The first-order valence-corrected chi connectivity index (χ1v) is 12.2. The second-order valence-corrected chi connectivity index (χ2v) is 8.60. The summed E-state index contributed by atoms with van der Waals surface area (Å²) in [6.45, 7) is 0. The van der Waals surface area contributed by atoms with E-state index in [9.17, 15) is 9.59 Å². The molecule has 4 aromatic carbocycles. The highest BCUT2D eigenvalue weighted by molar-refractivity contribution is 5.83. The Morgan fingerprint density at radius 2 is 0.775 bits per heavy atom. The Morgan fingerprint density at radius 1 is 0.500 bits per heavy atom. The molecule has 0 saturated carbocycles. The van der Waals surface area contributed by atoms with Crippen molar-refractivity contribution in [2.75, 3.05) is 11.5 Å². The minimum Gasteiger partial charge on any atom is -0.479 e. The fraction of sp³-hybridized carbons (Fsp3) is 0.133. The number of rotatable bonds is 7. The van der Waals surface area contributed by atoms with Gasteiger partial charge in [-0.2, -0.15) is 0 Å². The van der Waals surface area contributed by atoms with E-state index in [0.29, 0.717) is 0 Å². The number of carboxylic acids is 2. The van der Waals surface area contributed by atoms with Crippen LogP contribution in [0.1, 0.15) is 34.3 Å². The van der Waals surface area contributed by atoms with Crippen LogP contribution in [0.2, 0.25) is 0 Å². The monoisotopic (exact) mass is 546 g/mol. The van der Waals surface area contributed by atoms with Gasteiger partial charge in [-0.05, 0) is 34.4 Å². The molecule has 210 valence electrons. The summed E-state index contributed by atoms with van der Waals surface area (Å²) in [6.07, 6.45) is -4.53. The molecule has 40 heavy (non-hydrogen) atoms. The van der Waals surface area contributed by atoms with Gasteiger partial charge in [0.25, 0.3) is 0 Å². The molecule has 4 atom stereocenters. The number of benzene rings is 4. The maximum absolute atomic E-state index is 9.77. The van der Waals surface area contributed by atoms with Gasteiger partial charge in [0.2, 0.25) is 0 Å². The van der Waals surface area contributed by atoms with Gasteiger partial charge >= 0.3 is 11.9 Å². The molecule has 0 heterocycles. The van der Waals surface area contributed by atoms with Crippen molar-refractivity contribution in [1.29, 1.82) is 0 Å².